The Kier molecular flexibility index (Phi) is 6.40. The van der Waals surface area contributed by atoms with Crippen LogP contribution >= 0.6 is 0 Å². The Hall–Kier alpha value is -1.67. The van der Waals surface area contributed by atoms with Gasteiger partial charge in [-0.2, -0.15) is 5.10 Å². The number of hydrogen-bond donors (Lipinski definition) is 1. The van der Waals surface area contributed by atoms with E-state index in [2.05, 4.69) is 5.10 Å². The van der Waals surface area contributed by atoms with Crippen molar-refractivity contribution in [2.24, 2.45) is 7.05 Å². The molecule has 0 fully saturated rings. The summed E-state index contributed by atoms with van der Waals surface area (Å²) in [6.45, 7) is 3.05. The molecule has 1 rings (SSSR count). The molecule has 0 bridgehead atoms. The number of aryl methyl sites for hydroxylation is 2. The molecule has 0 unspecified atom stereocenters. The highest BCUT2D eigenvalue weighted by Crippen LogP contribution is 2.31. The van der Waals surface area contributed by atoms with Crippen LogP contribution in [-0.4, -0.2) is 53.2 Å². The average molecular weight is 286 g/mol. The fraction of sp³-hybridized carbons (Fsp3) is 0.750. The number of ether oxygens (including phenoxy) is 1. The fourth-order valence-corrected chi connectivity index (χ4v) is 2.15. The van der Waals surface area contributed by atoms with Crippen molar-refractivity contribution in [3.63, 3.8) is 0 Å². The summed E-state index contributed by atoms with van der Waals surface area (Å²) >= 11 is 0. The van der Waals surface area contributed by atoms with Crippen LogP contribution in [0.25, 0.3) is 0 Å². The Bertz CT molecular complexity index is 447. The Labute approximate surface area is 118 Å². The molecular formula is C12H22N4O4. The second kappa shape index (κ2) is 7.81. The Balaban J connectivity index is 3.20. The summed E-state index contributed by atoms with van der Waals surface area (Å²) in [6, 6.07) is 0. The van der Waals surface area contributed by atoms with Gasteiger partial charge in [0.1, 0.15) is 5.69 Å². The number of nitrogens with zero attached hydrogens (tertiary/aromatic N) is 4. The molecule has 1 aromatic heterocycles. The molecule has 1 aromatic rings. The molecule has 8 nitrogen and oxygen atoms in total. The van der Waals surface area contributed by atoms with Crippen molar-refractivity contribution in [3.8, 4) is 0 Å². The normalized spacial score (nSPS) is 10.8. The lowest BCUT2D eigenvalue weighted by Crippen LogP contribution is -2.32. The number of aromatic nitrogens is 2. The van der Waals surface area contributed by atoms with Gasteiger partial charge in [-0.3, -0.25) is 10.1 Å². The molecule has 20 heavy (non-hydrogen) atoms. The van der Waals surface area contributed by atoms with Gasteiger partial charge in [0.2, 0.25) is 5.82 Å². The van der Waals surface area contributed by atoms with Crippen molar-refractivity contribution in [3.05, 3.63) is 15.8 Å². The molecule has 1 heterocycles. The molecule has 8 heteroatoms. The van der Waals surface area contributed by atoms with Crippen molar-refractivity contribution >= 4 is 11.5 Å². The number of hydrogen-bond acceptors (Lipinski definition) is 6. The molecule has 1 N–H and O–H groups in total. The van der Waals surface area contributed by atoms with Crippen LogP contribution in [0.4, 0.5) is 11.5 Å². The summed E-state index contributed by atoms with van der Waals surface area (Å²) in [7, 11) is 3.25. The van der Waals surface area contributed by atoms with E-state index in [9.17, 15) is 10.1 Å². The molecule has 0 aliphatic carbocycles. The smallest absolute Gasteiger partial charge is 0.334 e. The fourth-order valence-electron chi connectivity index (χ4n) is 2.15. The standard InChI is InChI=1S/C12H22N4O4/c1-4-5-10-11(16(18)19)12(14(2)13-10)15(6-8-17)7-9-20-3/h17H,4-9H2,1-3H3. The van der Waals surface area contributed by atoms with E-state index in [1.165, 1.54) is 4.68 Å². The zero-order valence-electron chi connectivity index (χ0n) is 12.2. The third-order valence-corrected chi connectivity index (χ3v) is 2.97. The van der Waals surface area contributed by atoms with Gasteiger partial charge < -0.3 is 14.7 Å². The average Bonchev–Trinajstić information content (AvgIpc) is 2.72. The lowest BCUT2D eigenvalue weighted by atomic mass is 10.2. The second-order valence-electron chi connectivity index (χ2n) is 4.45. The van der Waals surface area contributed by atoms with Crippen LogP contribution in [-0.2, 0) is 18.2 Å². The quantitative estimate of drug-likeness (QED) is 0.531. The first-order chi connectivity index (χ1) is 9.56. The Morgan fingerprint density at radius 2 is 2.20 bits per heavy atom. The van der Waals surface area contributed by atoms with Crippen molar-refractivity contribution in [1.82, 2.24) is 9.78 Å². The van der Waals surface area contributed by atoms with E-state index in [4.69, 9.17) is 9.84 Å². The highest BCUT2D eigenvalue weighted by molar-refractivity contribution is 5.61. The molecule has 0 aromatic carbocycles. The monoisotopic (exact) mass is 286 g/mol. The van der Waals surface area contributed by atoms with Gasteiger partial charge in [-0.15, -0.1) is 0 Å². The van der Waals surface area contributed by atoms with Gasteiger partial charge in [0, 0.05) is 27.2 Å². The van der Waals surface area contributed by atoms with Crippen molar-refractivity contribution < 1.29 is 14.8 Å². The van der Waals surface area contributed by atoms with E-state index < -0.39 is 4.92 Å². The maximum Gasteiger partial charge on any atom is 0.334 e. The largest absolute Gasteiger partial charge is 0.395 e. The minimum atomic E-state index is -0.398. The summed E-state index contributed by atoms with van der Waals surface area (Å²) in [4.78, 5) is 12.7. The Morgan fingerprint density at radius 3 is 2.70 bits per heavy atom. The van der Waals surface area contributed by atoms with Gasteiger partial charge in [0.25, 0.3) is 0 Å². The zero-order chi connectivity index (χ0) is 15.1. The lowest BCUT2D eigenvalue weighted by Gasteiger charge is -2.22. The number of aliphatic hydroxyl groups excluding tert-OH is 1. The van der Waals surface area contributed by atoms with Crippen LogP contribution in [0.3, 0.4) is 0 Å². The summed E-state index contributed by atoms with van der Waals surface area (Å²) < 4.78 is 6.52. The van der Waals surface area contributed by atoms with E-state index in [1.54, 1.807) is 19.1 Å². The van der Waals surface area contributed by atoms with E-state index >= 15 is 0 Å². The molecule has 0 saturated carbocycles. The van der Waals surface area contributed by atoms with Crippen LogP contribution in [0.5, 0.6) is 0 Å². The van der Waals surface area contributed by atoms with E-state index in [1.807, 2.05) is 6.92 Å². The van der Waals surface area contributed by atoms with Gasteiger partial charge >= 0.3 is 5.69 Å². The number of nitro groups is 1. The van der Waals surface area contributed by atoms with Gasteiger partial charge in [0.15, 0.2) is 0 Å². The van der Waals surface area contributed by atoms with Gasteiger partial charge in [-0.25, -0.2) is 4.68 Å². The second-order valence-corrected chi connectivity index (χ2v) is 4.45. The van der Waals surface area contributed by atoms with Crippen molar-refractivity contribution in [2.75, 3.05) is 38.3 Å². The van der Waals surface area contributed by atoms with E-state index in [0.717, 1.165) is 6.42 Å². The highest BCUT2D eigenvalue weighted by Gasteiger charge is 2.29. The third kappa shape index (κ3) is 3.67. The molecule has 0 saturated heterocycles. The maximum absolute atomic E-state index is 11.3. The topological polar surface area (TPSA) is 93.7 Å². The summed E-state index contributed by atoms with van der Waals surface area (Å²) in [5, 5.41) is 24.7. The number of rotatable bonds is 9. The minimum absolute atomic E-state index is 0.0268. The maximum atomic E-state index is 11.3. The molecule has 0 radical (unpaired) electrons. The van der Waals surface area contributed by atoms with Crippen LogP contribution in [0.2, 0.25) is 0 Å². The van der Waals surface area contributed by atoms with Crippen LogP contribution in [0, 0.1) is 10.1 Å². The number of anilines is 1. The third-order valence-electron chi connectivity index (χ3n) is 2.97. The Morgan fingerprint density at radius 1 is 1.50 bits per heavy atom. The molecule has 0 atom stereocenters. The van der Waals surface area contributed by atoms with Crippen molar-refractivity contribution in [2.45, 2.75) is 19.8 Å². The molecule has 0 aliphatic rings. The number of methoxy groups -OCH3 is 1. The SMILES string of the molecule is CCCc1nn(C)c(N(CCO)CCOC)c1[N+](=O)[O-]. The molecule has 0 spiro atoms. The summed E-state index contributed by atoms with van der Waals surface area (Å²) in [5.41, 5.74) is 0.509. The molecule has 0 amide bonds. The van der Waals surface area contributed by atoms with Gasteiger partial charge in [-0.1, -0.05) is 13.3 Å². The summed E-state index contributed by atoms with van der Waals surface area (Å²) in [5.74, 6) is 0.421. The van der Waals surface area contributed by atoms with Crippen LogP contribution < -0.4 is 4.90 Å². The van der Waals surface area contributed by atoms with E-state index in [0.29, 0.717) is 37.6 Å². The van der Waals surface area contributed by atoms with Crippen LogP contribution in [0.15, 0.2) is 0 Å². The molecule has 0 aliphatic heterocycles. The lowest BCUT2D eigenvalue weighted by molar-refractivity contribution is -0.384. The first kappa shape index (κ1) is 16.4. The number of aliphatic hydroxyl groups is 1. The van der Waals surface area contributed by atoms with Gasteiger partial charge in [0.05, 0.1) is 18.1 Å². The predicted octanol–water partition coefficient (Wildman–Crippen LogP) is 0.726. The first-order valence-electron chi connectivity index (χ1n) is 6.61. The predicted molar refractivity (Wildman–Crippen MR) is 75.0 cm³/mol. The highest BCUT2D eigenvalue weighted by atomic mass is 16.6. The molecule has 114 valence electrons. The minimum Gasteiger partial charge on any atom is -0.395 e. The zero-order valence-corrected chi connectivity index (χ0v) is 12.2. The van der Waals surface area contributed by atoms with E-state index in [-0.39, 0.29) is 12.3 Å². The van der Waals surface area contributed by atoms with Crippen molar-refractivity contribution in [1.29, 1.82) is 0 Å². The summed E-state index contributed by atoms with van der Waals surface area (Å²) in [6.07, 6.45) is 1.34. The first-order valence-corrected chi connectivity index (χ1v) is 6.61. The van der Waals surface area contributed by atoms with Gasteiger partial charge in [-0.05, 0) is 6.42 Å². The molecular weight excluding hydrogens is 264 g/mol. The van der Waals surface area contributed by atoms with Crippen LogP contribution in [0.1, 0.15) is 19.0 Å².